The molecule has 0 saturated heterocycles. The minimum absolute atomic E-state index is 0.138. The summed E-state index contributed by atoms with van der Waals surface area (Å²) in [5, 5.41) is 1.65. The van der Waals surface area contributed by atoms with Crippen molar-refractivity contribution in [3.8, 4) is 0 Å². The Labute approximate surface area is 123 Å². The summed E-state index contributed by atoms with van der Waals surface area (Å²) in [5.41, 5.74) is 0.489. The molecule has 0 aliphatic heterocycles. The maximum absolute atomic E-state index is 12.3. The molecular formula is C14H8Cl2O2S. The van der Waals surface area contributed by atoms with Crippen molar-refractivity contribution >= 4 is 51.3 Å². The van der Waals surface area contributed by atoms with E-state index in [0.717, 1.165) is 10.3 Å². The minimum Gasteiger partial charge on any atom is -0.451 e. The van der Waals surface area contributed by atoms with Crippen LogP contribution < -0.4 is 0 Å². The summed E-state index contributed by atoms with van der Waals surface area (Å²) in [4.78, 5) is 14.0. The highest BCUT2D eigenvalue weighted by molar-refractivity contribution is 7.14. The Morgan fingerprint density at radius 3 is 2.68 bits per heavy atom. The Morgan fingerprint density at radius 2 is 2.00 bits per heavy atom. The predicted octanol–water partition coefficient (Wildman–Crippen LogP) is 5.34. The van der Waals surface area contributed by atoms with Crippen LogP contribution in [-0.4, -0.2) is 5.78 Å². The topological polar surface area (TPSA) is 30.2 Å². The lowest BCUT2D eigenvalue weighted by Crippen LogP contribution is -1.95. The molecule has 96 valence electrons. The molecule has 0 fully saturated rings. The lowest BCUT2D eigenvalue weighted by molar-refractivity contribution is 0.101. The molecule has 0 spiro atoms. The van der Waals surface area contributed by atoms with Crippen molar-refractivity contribution in [3.63, 3.8) is 0 Å². The number of hydrogen-bond acceptors (Lipinski definition) is 3. The summed E-state index contributed by atoms with van der Waals surface area (Å²) in [6.07, 6.45) is 0. The number of furan rings is 1. The fraction of sp³-hybridized carbons (Fsp3) is 0.0714. The second-order valence-electron chi connectivity index (χ2n) is 4.16. The van der Waals surface area contributed by atoms with E-state index < -0.39 is 0 Å². The summed E-state index contributed by atoms with van der Waals surface area (Å²) < 4.78 is 5.55. The molecule has 0 aliphatic rings. The molecule has 19 heavy (non-hydrogen) atoms. The summed E-state index contributed by atoms with van der Waals surface area (Å²) in [6, 6.07) is 8.69. The van der Waals surface area contributed by atoms with E-state index in [1.165, 1.54) is 11.3 Å². The molecule has 0 saturated carbocycles. The molecule has 0 N–H and O–H groups in total. The fourth-order valence-corrected chi connectivity index (χ4v) is 3.23. The second kappa shape index (κ2) is 4.67. The summed E-state index contributed by atoms with van der Waals surface area (Å²) in [5.74, 6) is 0.141. The van der Waals surface area contributed by atoms with Gasteiger partial charge in [-0.3, -0.25) is 4.79 Å². The van der Waals surface area contributed by atoms with E-state index in [2.05, 4.69) is 0 Å². The average Bonchev–Trinajstić information content (AvgIpc) is 2.94. The number of carbonyl (C=O) groups excluding carboxylic acids is 1. The van der Waals surface area contributed by atoms with E-state index in [0.29, 0.717) is 20.5 Å². The number of fused-ring (bicyclic) bond motifs is 1. The van der Waals surface area contributed by atoms with E-state index in [9.17, 15) is 4.79 Å². The molecule has 0 amide bonds. The van der Waals surface area contributed by atoms with Gasteiger partial charge in [-0.05, 0) is 37.3 Å². The third kappa shape index (κ3) is 2.29. The van der Waals surface area contributed by atoms with Crippen LogP contribution in [0.25, 0.3) is 11.0 Å². The number of rotatable bonds is 2. The van der Waals surface area contributed by atoms with Crippen LogP contribution in [0.4, 0.5) is 0 Å². The standard InChI is InChI=1S/C14H8Cl2O2S/c1-7-2-3-12(19-7)13(17)11-5-8-4-9(15)6-10(16)14(8)18-11/h2-6H,1H3. The van der Waals surface area contributed by atoms with Gasteiger partial charge in [0, 0.05) is 15.3 Å². The van der Waals surface area contributed by atoms with Crippen LogP contribution in [0.15, 0.2) is 34.7 Å². The normalized spacial score (nSPS) is 11.1. The van der Waals surface area contributed by atoms with Gasteiger partial charge in [0.25, 0.3) is 0 Å². The Bertz CT molecular complexity index is 786. The summed E-state index contributed by atoms with van der Waals surface area (Å²) >= 11 is 13.4. The van der Waals surface area contributed by atoms with E-state index in [-0.39, 0.29) is 11.5 Å². The molecule has 0 aliphatic carbocycles. The molecular weight excluding hydrogens is 303 g/mol. The first-order valence-electron chi connectivity index (χ1n) is 5.54. The Hall–Kier alpha value is -1.29. The maximum atomic E-state index is 12.3. The van der Waals surface area contributed by atoms with Crippen molar-refractivity contribution in [2.24, 2.45) is 0 Å². The van der Waals surface area contributed by atoms with Crippen LogP contribution in [0.1, 0.15) is 20.3 Å². The molecule has 5 heteroatoms. The Morgan fingerprint density at radius 1 is 1.21 bits per heavy atom. The molecule has 0 radical (unpaired) electrons. The number of hydrogen-bond donors (Lipinski definition) is 0. The highest BCUT2D eigenvalue weighted by atomic mass is 35.5. The Kier molecular flexibility index (Phi) is 3.13. The average molecular weight is 311 g/mol. The third-order valence-electron chi connectivity index (χ3n) is 2.72. The minimum atomic E-state index is -0.138. The van der Waals surface area contributed by atoms with Gasteiger partial charge < -0.3 is 4.42 Å². The molecule has 0 atom stereocenters. The molecule has 1 aromatic carbocycles. The molecule has 2 aromatic heterocycles. The van der Waals surface area contributed by atoms with Gasteiger partial charge in [0.1, 0.15) is 0 Å². The summed E-state index contributed by atoms with van der Waals surface area (Å²) in [7, 11) is 0. The molecule has 2 nitrogen and oxygen atoms in total. The lowest BCUT2D eigenvalue weighted by Gasteiger charge is -1.93. The van der Waals surface area contributed by atoms with E-state index in [4.69, 9.17) is 27.6 Å². The number of ketones is 1. The van der Waals surface area contributed by atoms with Crippen molar-refractivity contribution in [1.82, 2.24) is 0 Å². The van der Waals surface area contributed by atoms with Crippen molar-refractivity contribution in [2.75, 3.05) is 0 Å². The quantitative estimate of drug-likeness (QED) is 0.598. The van der Waals surface area contributed by atoms with Gasteiger partial charge in [0.05, 0.1) is 9.90 Å². The number of aryl methyl sites for hydroxylation is 1. The van der Waals surface area contributed by atoms with Crippen molar-refractivity contribution < 1.29 is 9.21 Å². The van der Waals surface area contributed by atoms with Crippen LogP contribution in [0.3, 0.4) is 0 Å². The van der Waals surface area contributed by atoms with Crippen LogP contribution in [0.2, 0.25) is 10.0 Å². The first-order valence-corrected chi connectivity index (χ1v) is 7.11. The second-order valence-corrected chi connectivity index (χ2v) is 6.29. The highest BCUT2D eigenvalue weighted by Gasteiger charge is 2.17. The highest BCUT2D eigenvalue weighted by Crippen LogP contribution is 2.31. The van der Waals surface area contributed by atoms with Crippen LogP contribution in [-0.2, 0) is 0 Å². The SMILES string of the molecule is Cc1ccc(C(=O)c2cc3cc(Cl)cc(Cl)c3o2)s1. The monoisotopic (exact) mass is 310 g/mol. The smallest absolute Gasteiger partial charge is 0.238 e. The zero-order valence-corrected chi connectivity index (χ0v) is 12.2. The zero-order valence-electron chi connectivity index (χ0n) is 9.87. The largest absolute Gasteiger partial charge is 0.451 e. The number of halogens is 2. The molecule has 0 bridgehead atoms. The molecule has 2 heterocycles. The van der Waals surface area contributed by atoms with E-state index in [1.807, 2.05) is 13.0 Å². The predicted molar refractivity (Wildman–Crippen MR) is 78.7 cm³/mol. The van der Waals surface area contributed by atoms with Crippen molar-refractivity contribution in [3.05, 3.63) is 55.9 Å². The summed E-state index contributed by atoms with van der Waals surface area (Å²) in [6.45, 7) is 1.96. The van der Waals surface area contributed by atoms with Gasteiger partial charge in [-0.2, -0.15) is 0 Å². The van der Waals surface area contributed by atoms with Crippen molar-refractivity contribution in [2.45, 2.75) is 6.92 Å². The van der Waals surface area contributed by atoms with Crippen LogP contribution >= 0.6 is 34.5 Å². The maximum Gasteiger partial charge on any atom is 0.238 e. The molecule has 0 unspecified atom stereocenters. The number of benzene rings is 1. The van der Waals surface area contributed by atoms with E-state index >= 15 is 0 Å². The zero-order chi connectivity index (χ0) is 13.6. The molecule has 3 rings (SSSR count). The van der Waals surface area contributed by atoms with Crippen LogP contribution in [0.5, 0.6) is 0 Å². The number of carbonyl (C=O) groups is 1. The third-order valence-corrected chi connectivity index (χ3v) is 4.22. The molecule has 3 aromatic rings. The van der Waals surface area contributed by atoms with Crippen molar-refractivity contribution in [1.29, 1.82) is 0 Å². The first kappa shape index (κ1) is 12.7. The van der Waals surface area contributed by atoms with Crippen LogP contribution in [0, 0.1) is 6.92 Å². The Balaban J connectivity index is 2.11. The van der Waals surface area contributed by atoms with Gasteiger partial charge in [-0.15, -0.1) is 11.3 Å². The number of thiophene rings is 1. The van der Waals surface area contributed by atoms with E-state index in [1.54, 1.807) is 24.3 Å². The van der Waals surface area contributed by atoms with Gasteiger partial charge in [-0.1, -0.05) is 23.2 Å². The van der Waals surface area contributed by atoms with Gasteiger partial charge in [-0.25, -0.2) is 0 Å². The van der Waals surface area contributed by atoms with Gasteiger partial charge in [0.2, 0.25) is 5.78 Å². The first-order chi connectivity index (χ1) is 9.04. The lowest BCUT2D eigenvalue weighted by atomic mass is 10.2. The fourth-order valence-electron chi connectivity index (χ4n) is 1.87. The van der Waals surface area contributed by atoms with Gasteiger partial charge >= 0.3 is 0 Å². The van der Waals surface area contributed by atoms with Gasteiger partial charge in [0.15, 0.2) is 11.3 Å².